The second-order valence-corrected chi connectivity index (χ2v) is 5.22. The monoisotopic (exact) mass is 271 g/mol. The van der Waals surface area contributed by atoms with Gasteiger partial charge in [-0.15, -0.1) is 0 Å². The lowest BCUT2D eigenvalue weighted by Gasteiger charge is -2.25. The van der Waals surface area contributed by atoms with Gasteiger partial charge in [-0.1, -0.05) is 35.0 Å². The van der Waals surface area contributed by atoms with Gasteiger partial charge in [0.2, 0.25) is 0 Å². The summed E-state index contributed by atoms with van der Waals surface area (Å²) in [5, 5.41) is 9.23. The molecule has 1 aromatic rings. The maximum Gasteiger partial charge on any atom is 0.0496 e. The van der Waals surface area contributed by atoms with Crippen molar-refractivity contribution in [3.8, 4) is 0 Å². The quantitative estimate of drug-likeness (QED) is 0.864. The van der Waals surface area contributed by atoms with Crippen LogP contribution in [0.2, 0.25) is 0 Å². The summed E-state index contributed by atoms with van der Waals surface area (Å²) >= 11 is 3.44. The average Bonchev–Trinajstić information content (AvgIpc) is 2.26. The number of benzene rings is 1. The van der Waals surface area contributed by atoms with Gasteiger partial charge in [-0.05, 0) is 37.1 Å². The van der Waals surface area contributed by atoms with E-state index < -0.39 is 0 Å². The van der Waals surface area contributed by atoms with Crippen LogP contribution in [-0.4, -0.2) is 18.3 Å². The number of hydrogen-bond acceptors (Lipinski definition) is 2. The minimum absolute atomic E-state index is 0.150. The van der Waals surface area contributed by atoms with E-state index in [1.54, 1.807) is 0 Å². The van der Waals surface area contributed by atoms with Crippen LogP contribution >= 0.6 is 15.9 Å². The molecule has 1 atom stereocenters. The molecule has 1 unspecified atom stereocenters. The fourth-order valence-electron chi connectivity index (χ4n) is 1.38. The molecule has 84 valence electrons. The summed E-state index contributed by atoms with van der Waals surface area (Å²) in [7, 11) is 0. The van der Waals surface area contributed by atoms with Gasteiger partial charge in [0, 0.05) is 16.5 Å². The van der Waals surface area contributed by atoms with Gasteiger partial charge in [0.25, 0.3) is 0 Å². The number of rotatable bonds is 5. The Morgan fingerprint density at radius 2 is 2.20 bits per heavy atom. The lowest BCUT2D eigenvalue weighted by molar-refractivity contribution is 0.140. The van der Waals surface area contributed by atoms with E-state index in [1.165, 1.54) is 5.56 Å². The minimum atomic E-state index is -0.150. The predicted molar refractivity (Wildman–Crippen MR) is 66.7 cm³/mol. The van der Waals surface area contributed by atoms with Gasteiger partial charge in [-0.25, -0.2) is 0 Å². The normalized spacial score (nSPS) is 14.9. The Kier molecular flexibility index (Phi) is 4.77. The Morgan fingerprint density at radius 3 is 2.73 bits per heavy atom. The molecular weight excluding hydrogens is 254 g/mol. The van der Waals surface area contributed by atoms with Gasteiger partial charge >= 0.3 is 0 Å². The van der Waals surface area contributed by atoms with Gasteiger partial charge in [0.15, 0.2) is 0 Å². The number of hydrogen-bond donors (Lipinski definition) is 2. The maximum atomic E-state index is 9.23. The Labute approximate surface area is 99.6 Å². The van der Waals surface area contributed by atoms with Crippen molar-refractivity contribution in [2.75, 3.05) is 13.2 Å². The maximum absolute atomic E-state index is 9.23. The summed E-state index contributed by atoms with van der Waals surface area (Å²) in [6, 6.07) is 8.24. The van der Waals surface area contributed by atoms with Crippen LogP contribution in [-0.2, 0) is 6.42 Å². The second kappa shape index (κ2) is 5.64. The topological polar surface area (TPSA) is 46.2 Å². The highest BCUT2D eigenvalue weighted by Gasteiger charge is 2.20. The highest BCUT2D eigenvalue weighted by Crippen LogP contribution is 2.22. The molecule has 3 heteroatoms. The molecule has 0 aliphatic rings. The molecule has 0 radical (unpaired) electrons. The summed E-state index contributed by atoms with van der Waals surface area (Å²) in [5.74, 6) is 0. The van der Waals surface area contributed by atoms with E-state index in [1.807, 2.05) is 19.1 Å². The Hall–Kier alpha value is -0.380. The van der Waals surface area contributed by atoms with Crippen LogP contribution in [0.3, 0.4) is 0 Å². The Bertz CT molecular complexity index is 310. The van der Waals surface area contributed by atoms with Crippen LogP contribution in [0.15, 0.2) is 28.7 Å². The van der Waals surface area contributed by atoms with E-state index in [9.17, 15) is 5.11 Å². The molecule has 0 amide bonds. The summed E-state index contributed by atoms with van der Waals surface area (Å²) < 4.78 is 1.10. The molecule has 3 N–H and O–H groups in total. The summed E-state index contributed by atoms with van der Waals surface area (Å²) in [6.07, 6.45) is 1.87. The van der Waals surface area contributed by atoms with E-state index in [-0.39, 0.29) is 12.0 Å². The second-order valence-electron chi connectivity index (χ2n) is 4.30. The highest BCUT2D eigenvalue weighted by atomic mass is 79.9. The standard InChI is InChI=1S/C12H18BrNO/c1-12(8-14,9-15)6-5-10-3-2-4-11(13)7-10/h2-4,7,15H,5-6,8-9,14H2,1H3. The first-order valence-electron chi connectivity index (χ1n) is 5.15. The average molecular weight is 272 g/mol. The first-order chi connectivity index (χ1) is 7.09. The zero-order valence-corrected chi connectivity index (χ0v) is 10.6. The Balaban J connectivity index is 2.56. The number of nitrogens with two attached hydrogens (primary N) is 1. The van der Waals surface area contributed by atoms with Crippen molar-refractivity contribution in [1.82, 2.24) is 0 Å². The van der Waals surface area contributed by atoms with Crippen molar-refractivity contribution >= 4 is 15.9 Å². The molecule has 0 aromatic heterocycles. The third kappa shape index (κ3) is 3.93. The van der Waals surface area contributed by atoms with Crippen LogP contribution < -0.4 is 5.73 Å². The molecule has 0 heterocycles. The van der Waals surface area contributed by atoms with Crippen molar-refractivity contribution < 1.29 is 5.11 Å². The molecule has 0 bridgehead atoms. The van der Waals surface area contributed by atoms with Gasteiger partial charge in [-0.2, -0.15) is 0 Å². The lowest BCUT2D eigenvalue weighted by atomic mass is 9.85. The number of aryl methyl sites for hydroxylation is 1. The number of aliphatic hydroxyl groups excluding tert-OH is 1. The van der Waals surface area contributed by atoms with Gasteiger partial charge in [0.1, 0.15) is 0 Å². The molecule has 1 rings (SSSR count). The lowest BCUT2D eigenvalue weighted by Crippen LogP contribution is -2.31. The largest absolute Gasteiger partial charge is 0.396 e. The molecule has 0 saturated carbocycles. The van der Waals surface area contributed by atoms with E-state index in [0.717, 1.165) is 17.3 Å². The fraction of sp³-hybridized carbons (Fsp3) is 0.500. The molecule has 0 fully saturated rings. The van der Waals surface area contributed by atoms with Crippen molar-refractivity contribution in [2.45, 2.75) is 19.8 Å². The van der Waals surface area contributed by atoms with E-state index in [2.05, 4.69) is 28.1 Å². The molecular formula is C12H18BrNO. The van der Waals surface area contributed by atoms with E-state index in [4.69, 9.17) is 5.73 Å². The highest BCUT2D eigenvalue weighted by molar-refractivity contribution is 9.10. The predicted octanol–water partition coefficient (Wildman–Crippen LogP) is 2.34. The van der Waals surface area contributed by atoms with Crippen LogP contribution in [0.4, 0.5) is 0 Å². The van der Waals surface area contributed by atoms with Crippen LogP contribution in [0, 0.1) is 5.41 Å². The molecule has 0 spiro atoms. The molecule has 0 aliphatic carbocycles. The summed E-state index contributed by atoms with van der Waals surface area (Å²) in [6.45, 7) is 2.69. The van der Waals surface area contributed by atoms with E-state index >= 15 is 0 Å². The Morgan fingerprint density at radius 1 is 1.47 bits per heavy atom. The van der Waals surface area contributed by atoms with Crippen LogP contribution in [0.25, 0.3) is 0 Å². The SMILES string of the molecule is CC(CN)(CO)CCc1cccc(Br)c1. The zero-order chi connectivity index (χ0) is 11.3. The smallest absolute Gasteiger partial charge is 0.0496 e. The molecule has 1 aromatic carbocycles. The first-order valence-corrected chi connectivity index (χ1v) is 5.94. The van der Waals surface area contributed by atoms with Crippen LogP contribution in [0.1, 0.15) is 18.9 Å². The third-order valence-corrected chi connectivity index (χ3v) is 3.27. The first kappa shape index (κ1) is 12.7. The summed E-state index contributed by atoms with van der Waals surface area (Å²) in [5.41, 5.74) is 6.77. The van der Waals surface area contributed by atoms with Gasteiger partial charge in [0.05, 0.1) is 0 Å². The fourth-order valence-corrected chi connectivity index (χ4v) is 1.83. The van der Waals surface area contributed by atoms with Crippen molar-refractivity contribution in [3.05, 3.63) is 34.3 Å². The van der Waals surface area contributed by atoms with Crippen molar-refractivity contribution in [3.63, 3.8) is 0 Å². The van der Waals surface area contributed by atoms with Crippen LogP contribution in [0.5, 0.6) is 0 Å². The van der Waals surface area contributed by atoms with Crippen molar-refractivity contribution in [2.24, 2.45) is 11.1 Å². The van der Waals surface area contributed by atoms with Gasteiger partial charge in [-0.3, -0.25) is 0 Å². The van der Waals surface area contributed by atoms with E-state index in [0.29, 0.717) is 6.54 Å². The number of halogens is 1. The molecule has 2 nitrogen and oxygen atoms in total. The molecule has 0 aliphatic heterocycles. The zero-order valence-electron chi connectivity index (χ0n) is 9.04. The molecule has 0 saturated heterocycles. The van der Waals surface area contributed by atoms with Gasteiger partial charge < -0.3 is 10.8 Å². The third-order valence-electron chi connectivity index (χ3n) is 2.78. The van der Waals surface area contributed by atoms with Crippen molar-refractivity contribution in [1.29, 1.82) is 0 Å². The minimum Gasteiger partial charge on any atom is -0.396 e. The number of aliphatic hydroxyl groups is 1. The summed E-state index contributed by atoms with van der Waals surface area (Å²) in [4.78, 5) is 0. The molecule has 15 heavy (non-hydrogen) atoms.